The second-order valence-corrected chi connectivity index (χ2v) is 10.5. The topological polar surface area (TPSA) is 70.7 Å². The molecule has 0 bridgehead atoms. The Morgan fingerprint density at radius 3 is 2.61 bits per heavy atom. The van der Waals surface area contributed by atoms with Crippen molar-refractivity contribution in [3.05, 3.63) is 82.6 Å². The number of benzene rings is 3. The first-order chi connectivity index (χ1) is 15.8. The van der Waals surface area contributed by atoms with Crippen LogP contribution in [0.25, 0.3) is 27.4 Å². The van der Waals surface area contributed by atoms with Crippen molar-refractivity contribution in [1.29, 1.82) is 0 Å². The van der Waals surface area contributed by atoms with Crippen LogP contribution in [-0.2, 0) is 16.0 Å². The third-order valence-electron chi connectivity index (χ3n) is 5.39. The molecule has 33 heavy (non-hydrogen) atoms. The quantitative estimate of drug-likeness (QED) is 0.287. The Balaban J connectivity index is 1.60. The zero-order chi connectivity index (χ0) is 23.2. The zero-order valence-electron chi connectivity index (χ0n) is 17.6. The van der Waals surface area contributed by atoms with Gasteiger partial charge >= 0.3 is 10.1 Å². The monoisotopic (exact) mass is 499 g/mol. The van der Waals surface area contributed by atoms with E-state index in [1.165, 1.54) is 15.9 Å². The van der Waals surface area contributed by atoms with Gasteiger partial charge in [-0.15, -0.1) is 0 Å². The molecule has 0 saturated carbocycles. The molecule has 0 saturated heterocycles. The average molecular weight is 500 g/mol. The van der Waals surface area contributed by atoms with E-state index in [-0.39, 0.29) is 0 Å². The van der Waals surface area contributed by atoms with Crippen molar-refractivity contribution < 1.29 is 22.3 Å². The van der Waals surface area contributed by atoms with E-state index >= 15 is 0 Å². The van der Waals surface area contributed by atoms with Crippen molar-refractivity contribution in [3.8, 4) is 16.9 Å². The van der Waals surface area contributed by atoms with Gasteiger partial charge in [0.15, 0.2) is 5.75 Å². The first kappa shape index (κ1) is 21.9. The summed E-state index contributed by atoms with van der Waals surface area (Å²) >= 11 is 7.54. The Morgan fingerprint density at radius 2 is 1.88 bits per heavy atom. The van der Waals surface area contributed by atoms with Crippen molar-refractivity contribution in [1.82, 2.24) is 0 Å². The van der Waals surface area contributed by atoms with E-state index in [9.17, 15) is 13.0 Å². The van der Waals surface area contributed by atoms with Crippen LogP contribution in [0.5, 0.6) is 5.75 Å². The molecule has 1 N–H and O–H groups in total. The van der Waals surface area contributed by atoms with Gasteiger partial charge in [0.25, 0.3) is 10.9 Å². The molecule has 0 aliphatic carbocycles. The van der Waals surface area contributed by atoms with Gasteiger partial charge in [-0.1, -0.05) is 59.3 Å². The molecule has 0 fully saturated rings. The molecule has 5 rings (SSSR count). The van der Waals surface area contributed by atoms with E-state index in [0.29, 0.717) is 28.0 Å². The summed E-state index contributed by atoms with van der Waals surface area (Å²) in [4.78, 5) is 2.04. The van der Waals surface area contributed by atoms with E-state index in [1.54, 1.807) is 18.2 Å². The molecule has 0 unspecified atom stereocenters. The standard InChI is InChI=1S/C24H19ClN2O4S2/c1-2-26-19-12-17(16-6-4-3-5-7-16)8-10-21(19)31-23(26)14-24-27(15-33(28,29)30)20-13-18(25)9-11-22(20)32-24/h3-14H,2,15H2,1H3/p+1. The number of ether oxygens (including phenoxy) is 1. The summed E-state index contributed by atoms with van der Waals surface area (Å²) in [5.74, 6) is 0.733. The first-order valence-electron chi connectivity index (χ1n) is 10.3. The van der Waals surface area contributed by atoms with Crippen LogP contribution >= 0.6 is 22.9 Å². The Labute approximate surface area is 200 Å². The molecule has 9 heteroatoms. The SMILES string of the molecule is CCN1C(=Cc2sc3ccc(Cl)cc3[n+]2CS(=O)(=O)O)Oc2ccc(-c3ccccc3)cc21. The van der Waals surface area contributed by atoms with Gasteiger partial charge in [0, 0.05) is 17.6 Å². The average Bonchev–Trinajstić information content (AvgIpc) is 3.30. The highest BCUT2D eigenvalue weighted by molar-refractivity contribution is 7.84. The Kier molecular flexibility index (Phi) is 5.62. The second kappa shape index (κ2) is 8.46. The maximum atomic E-state index is 11.7. The van der Waals surface area contributed by atoms with E-state index in [2.05, 4.69) is 18.2 Å². The highest BCUT2D eigenvalue weighted by Crippen LogP contribution is 2.42. The highest BCUT2D eigenvalue weighted by atomic mass is 35.5. The smallest absolute Gasteiger partial charge is 0.326 e. The Hall–Kier alpha value is -2.91. The normalized spacial score (nSPS) is 14.6. The summed E-state index contributed by atoms with van der Waals surface area (Å²) in [5, 5.41) is 1.10. The maximum absolute atomic E-state index is 11.7. The summed E-state index contributed by atoms with van der Waals surface area (Å²) in [6, 6.07) is 21.4. The van der Waals surface area contributed by atoms with Gasteiger partial charge < -0.3 is 9.64 Å². The predicted octanol–water partition coefficient (Wildman–Crippen LogP) is 5.57. The van der Waals surface area contributed by atoms with Crippen molar-refractivity contribution in [2.75, 3.05) is 11.4 Å². The molecule has 168 valence electrons. The summed E-state index contributed by atoms with van der Waals surface area (Å²) < 4.78 is 41.5. The molecule has 2 heterocycles. The predicted molar refractivity (Wildman–Crippen MR) is 132 cm³/mol. The van der Waals surface area contributed by atoms with Crippen molar-refractivity contribution in [2.24, 2.45) is 0 Å². The fourth-order valence-electron chi connectivity index (χ4n) is 3.93. The molecular formula is C24H20ClN2O4S2+. The number of halogens is 1. The zero-order valence-corrected chi connectivity index (χ0v) is 20.0. The molecule has 0 atom stereocenters. The number of fused-ring (bicyclic) bond motifs is 2. The van der Waals surface area contributed by atoms with Crippen LogP contribution < -0.4 is 14.2 Å². The van der Waals surface area contributed by atoms with Crippen molar-refractivity contribution in [2.45, 2.75) is 12.8 Å². The summed E-state index contributed by atoms with van der Waals surface area (Å²) in [7, 11) is -4.27. The van der Waals surface area contributed by atoms with Crippen LogP contribution in [0.15, 0.2) is 72.6 Å². The molecule has 1 aromatic heterocycles. The molecule has 4 aromatic rings. The van der Waals surface area contributed by atoms with Crippen molar-refractivity contribution >= 4 is 55.0 Å². The Bertz CT molecular complexity index is 1500. The summed E-state index contributed by atoms with van der Waals surface area (Å²) in [6.07, 6.45) is 1.80. The minimum absolute atomic E-state index is 0.483. The number of thiazole rings is 1. The number of hydrogen-bond acceptors (Lipinski definition) is 5. The number of nitrogens with zero attached hydrogens (tertiary/aromatic N) is 2. The Morgan fingerprint density at radius 1 is 1.09 bits per heavy atom. The maximum Gasteiger partial charge on any atom is 0.326 e. The number of hydrogen-bond donors (Lipinski definition) is 1. The van der Waals surface area contributed by atoms with E-state index in [4.69, 9.17) is 16.3 Å². The van der Waals surface area contributed by atoms with Crippen LogP contribution in [-0.4, -0.2) is 19.5 Å². The lowest BCUT2D eigenvalue weighted by Crippen LogP contribution is -2.39. The molecule has 1 aliphatic rings. The van der Waals surface area contributed by atoms with Gasteiger partial charge in [0.05, 0.1) is 11.8 Å². The third kappa shape index (κ3) is 4.35. The van der Waals surface area contributed by atoms with Gasteiger partial charge in [0.1, 0.15) is 4.70 Å². The summed E-state index contributed by atoms with van der Waals surface area (Å²) in [6.45, 7) is 2.69. The van der Waals surface area contributed by atoms with Gasteiger partial charge in [-0.25, -0.2) is 0 Å². The van der Waals surface area contributed by atoms with E-state index in [1.807, 2.05) is 48.2 Å². The molecule has 6 nitrogen and oxygen atoms in total. The van der Waals surface area contributed by atoms with Gasteiger partial charge in [-0.2, -0.15) is 13.0 Å². The van der Waals surface area contributed by atoms with E-state index < -0.39 is 16.0 Å². The third-order valence-corrected chi connectivity index (χ3v) is 7.32. The lowest BCUT2D eigenvalue weighted by molar-refractivity contribution is -0.649. The van der Waals surface area contributed by atoms with Crippen molar-refractivity contribution in [3.63, 3.8) is 0 Å². The molecular weight excluding hydrogens is 480 g/mol. The lowest BCUT2D eigenvalue weighted by Gasteiger charge is -2.15. The fourth-order valence-corrected chi connectivity index (χ4v) is 5.85. The van der Waals surface area contributed by atoms with Crippen LogP contribution in [0.4, 0.5) is 5.69 Å². The molecule has 0 radical (unpaired) electrons. The number of aromatic nitrogens is 1. The van der Waals surface area contributed by atoms with Crippen LogP contribution in [0.1, 0.15) is 11.9 Å². The van der Waals surface area contributed by atoms with Gasteiger partial charge in [-0.05, 0) is 42.3 Å². The minimum Gasteiger partial charge on any atom is -0.438 e. The number of rotatable bonds is 5. The number of anilines is 1. The lowest BCUT2D eigenvalue weighted by atomic mass is 10.0. The van der Waals surface area contributed by atoms with E-state index in [0.717, 1.165) is 27.3 Å². The summed E-state index contributed by atoms with van der Waals surface area (Å²) in [5.41, 5.74) is 3.76. The van der Waals surface area contributed by atoms with Crippen LogP contribution in [0.2, 0.25) is 5.02 Å². The first-order valence-corrected chi connectivity index (χ1v) is 13.1. The molecule has 3 aromatic carbocycles. The highest BCUT2D eigenvalue weighted by Gasteiger charge is 2.30. The van der Waals surface area contributed by atoms with Gasteiger partial charge in [0.2, 0.25) is 11.4 Å². The molecule has 0 spiro atoms. The largest absolute Gasteiger partial charge is 0.438 e. The van der Waals surface area contributed by atoms with Crippen LogP contribution in [0.3, 0.4) is 0 Å². The molecule has 1 aliphatic heterocycles. The fraction of sp³-hybridized carbons (Fsp3) is 0.125. The van der Waals surface area contributed by atoms with Gasteiger partial charge in [-0.3, -0.25) is 4.55 Å². The minimum atomic E-state index is -4.27. The van der Waals surface area contributed by atoms with Crippen LogP contribution in [0, 0.1) is 0 Å². The second-order valence-electron chi connectivity index (χ2n) is 7.57. The molecule has 0 amide bonds.